The zero-order valence-corrected chi connectivity index (χ0v) is 16.2. The van der Waals surface area contributed by atoms with Gasteiger partial charge in [-0.25, -0.2) is 0 Å². The van der Waals surface area contributed by atoms with Crippen LogP contribution in [-0.2, 0) is 0 Å². The summed E-state index contributed by atoms with van der Waals surface area (Å²) in [6.45, 7) is 0.555. The number of fused-ring (bicyclic) bond motifs is 2. The number of aliphatic hydroxyl groups excluding tert-OH is 1. The molecule has 0 atom stereocenters. The molecule has 29 heavy (non-hydrogen) atoms. The van der Waals surface area contributed by atoms with Gasteiger partial charge in [-0.05, 0) is 37.1 Å². The fourth-order valence-corrected chi connectivity index (χ4v) is 3.80. The second-order valence-electron chi connectivity index (χ2n) is 6.92. The van der Waals surface area contributed by atoms with Crippen molar-refractivity contribution in [2.24, 2.45) is 9.98 Å². The highest BCUT2D eigenvalue weighted by molar-refractivity contribution is 6.24. The minimum atomic E-state index is 0.0683. The molecule has 1 aliphatic carbocycles. The molecule has 6 nitrogen and oxygen atoms in total. The maximum atomic E-state index is 11.0. The molecule has 0 bridgehead atoms. The van der Waals surface area contributed by atoms with E-state index >= 15 is 0 Å². The fourth-order valence-electron chi connectivity index (χ4n) is 3.80. The van der Waals surface area contributed by atoms with Crippen molar-refractivity contribution in [3.63, 3.8) is 0 Å². The van der Waals surface area contributed by atoms with Gasteiger partial charge in [-0.1, -0.05) is 24.3 Å². The van der Waals surface area contributed by atoms with Gasteiger partial charge in [0.15, 0.2) is 0 Å². The molecule has 0 radical (unpaired) electrons. The molecule has 3 aromatic rings. The van der Waals surface area contributed by atoms with Crippen LogP contribution in [-0.4, -0.2) is 46.9 Å². The highest BCUT2D eigenvalue weighted by Gasteiger charge is 2.29. The largest absolute Gasteiger partial charge is 0.507 e. The van der Waals surface area contributed by atoms with Crippen LogP contribution in [0.1, 0.15) is 24.0 Å². The number of aliphatic imine (C=N–C) groups is 2. The third-order valence-electron chi connectivity index (χ3n) is 5.18. The molecule has 0 saturated heterocycles. The summed E-state index contributed by atoms with van der Waals surface area (Å²) < 4.78 is 0. The summed E-state index contributed by atoms with van der Waals surface area (Å²) in [5, 5.41) is 35.2. The van der Waals surface area contributed by atoms with Crippen LogP contribution in [0.3, 0.4) is 0 Å². The zero-order chi connectivity index (χ0) is 20.4. The lowest BCUT2D eigenvalue weighted by molar-refractivity contribution is 0.311. The minimum Gasteiger partial charge on any atom is -0.507 e. The maximum absolute atomic E-state index is 11.0. The monoisotopic (exact) mass is 389 g/mol. The average molecular weight is 389 g/mol. The van der Waals surface area contributed by atoms with E-state index in [0.717, 1.165) is 22.8 Å². The van der Waals surface area contributed by atoms with E-state index in [4.69, 9.17) is 10.1 Å². The third kappa shape index (κ3) is 3.43. The van der Waals surface area contributed by atoms with Gasteiger partial charge in [-0.3, -0.25) is 9.98 Å². The molecule has 0 heterocycles. The minimum absolute atomic E-state index is 0.0683. The van der Waals surface area contributed by atoms with Gasteiger partial charge in [-0.2, -0.15) is 0 Å². The van der Waals surface area contributed by atoms with E-state index in [1.165, 1.54) is 0 Å². The molecule has 0 aromatic heterocycles. The lowest BCUT2D eigenvalue weighted by atomic mass is 9.84. The Morgan fingerprint density at radius 1 is 0.862 bits per heavy atom. The predicted molar refractivity (Wildman–Crippen MR) is 117 cm³/mol. The van der Waals surface area contributed by atoms with Crippen LogP contribution in [0.2, 0.25) is 0 Å². The summed E-state index contributed by atoms with van der Waals surface area (Å²) >= 11 is 0. The lowest BCUT2D eigenvalue weighted by Crippen LogP contribution is -2.19. The standard InChI is InChI=1S/C23H23N3O3/c1-24-18-10-11-19(26-15-8-6-14(7-9-15)25-12-13-27)21-20(18)22(28)16-4-2-3-5-17(16)23(21)29/h2-9,25,27-29H,10-13H2,1H3. The Morgan fingerprint density at radius 2 is 1.45 bits per heavy atom. The van der Waals surface area contributed by atoms with Gasteiger partial charge in [-0.15, -0.1) is 0 Å². The van der Waals surface area contributed by atoms with Crippen molar-refractivity contribution in [3.8, 4) is 11.5 Å². The van der Waals surface area contributed by atoms with Crippen LogP contribution < -0.4 is 5.32 Å². The molecule has 4 N–H and O–H groups in total. The number of phenols is 2. The summed E-state index contributed by atoms with van der Waals surface area (Å²) in [6, 6.07) is 14.8. The second-order valence-corrected chi connectivity index (χ2v) is 6.92. The Kier molecular flexibility index (Phi) is 5.18. The Bertz CT molecular complexity index is 1120. The smallest absolute Gasteiger partial charge is 0.133 e. The molecule has 4 rings (SSSR count). The van der Waals surface area contributed by atoms with Gasteiger partial charge >= 0.3 is 0 Å². The Morgan fingerprint density at radius 3 is 2.03 bits per heavy atom. The number of hydrogen-bond acceptors (Lipinski definition) is 6. The summed E-state index contributed by atoms with van der Waals surface area (Å²) in [7, 11) is 1.70. The van der Waals surface area contributed by atoms with Crippen LogP contribution in [0.25, 0.3) is 10.8 Å². The molecule has 148 valence electrons. The molecule has 0 saturated carbocycles. The number of aromatic hydroxyl groups is 2. The third-order valence-corrected chi connectivity index (χ3v) is 5.18. The summed E-state index contributed by atoms with van der Waals surface area (Å²) in [5.74, 6) is 0.249. The second kappa shape index (κ2) is 7.93. The van der Waals surface area contributed by atoms with Gasteiger partial charge < -0.3 is 20.6 Å². The van der Waals surface area contributed by atoms with Crippen LogP contribution in [0.4, 0.5) is 11.4 Å². The van der Waals surface area contributed by atoms with Crippen molar-refractivity contribution in [2.75, 3.05) is 25.5 Å². The van der Waals surface area contributed by atoms with E-state index in [9.17, 15) is 10.2 Å². The molecule has 0 spiro atoms. The van der Waals surface area contributed by atoms with Crippen LogP contribution >= 0.6 is 0 Å². The maximum Gasteiger partial charge on any atom is 0.133 e. The Hall–Kier alpha value is -3.38. The van der Waals surface area contributed by atoms with Gasteiger partial charge in [0.25, 0.3) is 0 Å². The van der Waals surface area contributed by atoms with Crippen molar-refractivity contribution in [1.29, 1.82) is 0 Å². The first kappa shape index (κ1) is 19.0. The lowest BCUT2D eigenvalue weighted by Gasteiger charge is -2.23. The van der Waals surface area contributed by atoms with Crippen molar-refractivity contribution in [2.45, 2.75) is 12.8 Å². The Balaban J connectivity index is 1.85. The highest BCUT2D eigenvalue weighted by atomic mass is 16.3. The first-order valence-electron chi connectivity index (χ1n) is 9.59. The molecule has 1 aliphatic rings. The number of nitrogens with zero attached hydrogens (tertiary/aromatic N) is 2. The SMILES string of the molecule is CN=C1CCC(=Nc2ccc(NCCO)cc2)c2c1c(O)c1ccccc1c2O. The molecule has 3 aromatic carbocycles. The molecule has 0 aliphatic heterocycles. The molecular weight excluding hydrogens is 366 g/mol. The van der Waals surface area contributed by atoms with E-state index in [1.54, 1.807) is 19.2 Å². The van der Waals surface area contributed by atoms with Gasteiger partial charge in [0.05, 0.1) is 29.1 Å². The quantitative estimate of drug-likeness (QED) is 0.507. The van der Waals surface area contributed by atoms with E-state index in [0.29, 0.717) is 41.3 Å². The van der Waals surface area contributed by atoms with E-state index in [1.807, 2.05) is 36.4 Å². The van der Waals surface area contributed by atoms with E-state index in [2.05, 4.69) is 10.3 Å². The Labute approximate surface area is 168 Å². The number of nitrogens with one attached hydrogen (secondary N) is 1. The zero-order valence-electron chi connectivity index (χ0n) is 16.2. The molecular formula is C23H23N3O3. The number of aliphatic hydroxyl groups is 1. The predicted octanol–water partition coefficient (Wildman–Crippen LogP) is 3.99. The number of benzene rings is 3. The highest BCUT2D eigenvalue weighted by Crippen LogP contribution is 2.43. The van der Waals surface area contributed by atoms with Gasteiger partial charge in [0.2, 0.25) is 0 Å². The molecule has 0 amide bonds. The van der Waals surface area contributed by atoms with Crippen LogP contribution in [0, 0.1) is 0 Å². The number of hydrogen-bond donors (Lipinski definition) is 4. The van der Waals surface area contributed by atoms with Crippen molar-refractivity contribution in [3.05, 3.63) is 59.7 Å². The average Bonchev–Trinajstić information content (AvgIpc) is 2.76. The summed E-state index contributed by atoms with van der Waals surface area (Å²) in [6.07, 6.45) is 1.26. The molecule has 0 unspecified atom stereocenters. The summed E-state index contributed by atoms with van der Waals surface area (Å²) in [5.41, 5.74) is 4.26. The van der Waals surface area contributed by atoms with Crippen LogP contribution in [0.5, 0.6) is 11.5 Å². The normalized spacial score (nSPS) is 16.3. The fraction of sp³-hybridized carbons (Fsp3) is 0.217. The van der Waals surface area contributed by atoms with Crippen LogP contribution in [0.15, 0.2) is 58.5 Å². The first-order valence-corrected chi connectivity index (χ1v) is 9.59. The molecule has 0 fully saturated rings. The first-order chi connectivity index (χ1) is 14.1. The van der Waals surface area contributed by atoms with E-state index in [-0.39, 0.29) is 18.1 Å². The van der Waals surface area contributed by atoms with Crippen molar-refractivity contribution >= 4 is 33.6 Å². The van der Waals surface area contributed by atoms with E-state index < -0.39 is 0 Å². The topological polar surface area (TPSA) is 97.4 Å². The van der Waals surface area contributed by atoms with Crippen molar-refractivity contribution in [1.82, 2.24) is 0 Å². The summed E-state index contributed by atoms with van der Waals surface area (Å²) in [4.78, 5) is 9.11. The number of rotatable bonds is 4. The van der Waals surface area contributed by atoms with Crippen molar-refractivity contribution < 1.29 is 15.3 Å². The van der Waals surface area contributed by atoms with Gasteiger partial charge in [0, 0.05) is 35.8 Å². The molecule has 6 heteroatoms. The number of phenolic OH excluding ortho intramolecular Hbond substituents is 2. The number of anilines is 1. The van der Waals surface area contributed by atoms with Gasteiger partial charge in [0.1, 0.15) is 11.5 Å².